The van der Waals surface area contributed by atoms with Gasteiger partial charge in [-0.25, -0.2) is 8.42 Å². The molecule has 2 aromatic rings. The molecule has 2 rings (SSSR count). The van der Waals surface area contributed by atoms with Crippen molar-refractivity contribution in [1.29, 1.82) is 0 Å². The van der Waals surface area contributed by atoms with Crippen LogP contribution in [0.4, 0.5) is 5.69 Å². The minimum absolute atomic E-state index is 0.0485. The SMILES string of the molecule is Cc1ccc(S(=O)(=O)NCC(=O)OCC(=O)Nc2ccc(I)cc2)cc1. The molecule has 0 bridgehead atoms. The molecule has 0 aliphatic carbocycles. The Morgan fingerprint density at radius 1 is 1.04 bits per heavy atom. The van der Waals surface area contributed by atoms with Crippen LogP contribution in [-0.4, -0.2) is 33.4 Å². The van der Waals surface area contributed by atoms with E-state index in [1.807, 2.05) is 19.1 Å². The maximum absolute atomic E-state index is 12.1. The molecular weight excluding hydrogens is 471 g/mol. The fourth-order valence-electron chi connectivity index (χ4n) is 1.88. The minimum atomic E-state index is -3.82. The summed E-state index contributed by atoms with van der Waals surface area (Å²) in [6.07, 6.45) is 0. The molecule has 0 aliphatic rings. The Labute approximate surface area is 165 Å². The van der Waals surface area contributed by atoms with Crippen molar-refractivity contribution in [3.63, 3.8) is 0 Å². The third-order valence-corrected chi connectivity index (χ3v) is 5.37. The summed E-state index contributed by atoms with van der Waals surface area (Å²) < 4.78 is 32.0. The van der Waals surface area contributed by atoms with E-state index in [2.05, 4.69) is 32.6 Å². The quantitative estimate of drug-likeness (QED) is 0.459. The molecule has 2 aromatic carbocycles. The Bertz CT molecular complexity index is 880. The van der Waals surface area contributed by atoms with Crippen molar-refractivity contribution in [2.45, 2.75) is 11.8 Å². The zero-order chi connectivity index (χ0) is 19.2. The van der Waals surface area contributed by atoms with Gasteiger partial charge in [-0.1, -0.05) is 17.7 Å². The summed E-state index contributed by atoms with van der Waals surface area (Å²) in [6.45, 7) is 0.770. The number of aryl methyl sites for hydroxylation is 1. The number of nitrogens with one attached hydrogen (secondary N) is 2. The molecule has 0 heterocycles. The van der Waals surface area contributed by atoms with E-state index in [4.69, 9.17) is 4.74 Å². The molecule has 0 spiro atoms. The van der Waals surface area contributed by atoms with Crippen LogP contribution in [0.3, 0.4) is 0 Å². The van der Waals surface area contributed by atoms with Crippen molar-refractivity contribution < 1.29 is 22.7 Å². The summed E-state index contributed by atoms with van der Waals surface area (Å²) in [7, 11) is -3.82. The van der Waals surface area contributed by atoms with E-state index in [-0.39, 0.29) is 4.90 Å². The van der Waals surface area contributed by atoms with Crippen molar-refractivity contribution >= 4 is 50.2 Å². The normalized spacial score (nSPS) is 11.0. The van der Waals surface area contributed by atoms with Gasteiger partial charge in [-0.2, -0.15) is 4.72 Å². The maximum atomic E-state index is 12.1. The summed E-state index contributed by atoms with van der Waals surface area (Å²) in [5.41, 5.74) is 1.49. The third-order valence-electron chi connectivity index (χ3n) is 3.23. The average molecular weight is 488 g/mol. The highest BCUT2D eigenvalue weighted by molar-refractivity contribution is 14.1. The van der Waals surface area contributed by atoms with Gasteiger partial charge < -0.3 is 10.1 Å². The van der Waals surface area contributed by atoms with Crippen LogP contribution in [-0.2, 0) is 24.3 Å². The molecule has 1 amide bonds. The molecule has 26 heavy (non-hydrogen) atoms. The number of anilines is 1. The fourth-order valence-corrected chi connectivity index (χ4v) is 3.21. The summed E-state index contributed by atoms with van der Waals surface area (Å²) in [5.74, 6) is -1.36. The largest absolute Gasteiger partial charge is 0.455 e. The molecule has 2 N–H and O–H groups in total. The number of benzene rings is 2. The van der Waals surface area contributed by atoms with Crippen molar-refractivity contribution in [1.82, 2.24) is 4.72 Å². The molecule has 0 atom stereocenters. The highest BCUT2D eigenvalue weighted by Gasteiger charge is 2.16. The summed E-state index contributed by atoms with van der Waals surface area (Å²) in [6, 6.07) is 13.3. The molecular formula is C17H17IN2O5S. The van der Waals surface area contributed by atoms with Crippen LogP contribution in [0.2, 0.25) is 0 Å². The molecule has 0 saturated heterocycles. The lowest BCUT2D eigenvalue weighted by molar-refractivity contribution is -0.146. The highest BCUT2D eigenvalue weighted by atomic mass is 127. The third kappa shape index (κ3) is 6.39. The number of halogens is 1. The molecule has 0 aromatic heterocycles. The number of ether oxygens (including phenoxy) is 1. The number of sulfonamides is 1. The number of amides is 1. The molecule has 7 nitrogen and oxygen atoms in total. The average Bonchev–Trinajstić information content (AvgIpc) is 2.61. The van der Waals surface area contributed by atoms with Gasteiger partial charge in [0, 0.05) is 9.26 Å². The number of carbonyl (C=O) groups is 2. The van der Waals surface area contributed by atoms with Crippen LogP contribution in [0.15, 0.2) is 53.4 Å². The van der Waals surface area contributed by atoms with E-state index >= 15 is 0 Å². The first-order chi connectivity index (χ1) is 12.3. The van der Waals surface area contributed by atoms with Gasteiger partial charge >= 0.3 is 5.97 Å². The van der Waals surface area contributed by atoms with Crippen molar-refractivity contribution in [3.8, 4) is 0 Å². The first-order valence-corrected chi connectivity index (χ1v) is 10.1. The first-order valence-electron chi connectivity index (χ1n) is 7.54. The predicted octanol–water partition coefficient (Wildman–Crippen LogP) is 2.06. The molecule has 9 heteroatoms. The number of esters is 1. The molecule has 0 saturated carbocycles. The van der Waals surface area contributed by atoms with Crippen molar-refractivity contribution in [3.05, 3.63) is 57.7 Å². The van der Waals surface area contributed by atoms with E-state index < -0.39 is 35.1 Å². The van der Waals surface area contributed by atoms with Gasteiger partial charge in [0.25, 0.3) is 5.91 Å². The van der Waals surface area contributed by atoms with E-state index in [1.165, 1.54) is 12.1 Å². The molecule has 138 valence electrons. The Hall–Kier alpha value is -1.98. The van der Waals surface area contributed by atoms with E-state index in [0.29, 0.717) is 5.69 Å². The van der Waals surface area contributed by atoms with Gasteiger partial charge in [0.05, 0.1) is 4.90 Å². The van der Waals surface area contributed by atoms with Gasteiger partial charge in [-0.15, -0.1) is 0 Å². The lowest BCUT2D eigenvalue weighted by Gasteiger charge is -2.08. The molecule has 0 aliphatic heterocycles. The fraction of sp³-hybridized carbons (Fsp3) is 0.176. The molecule has 0 unspecified atom stereocenters. The second-order valence-electron chi connectivity index (χ2n) is 5.35. The van der Waals surface area contributed by atoms with Crippen LogP contribution >= 0.6 is 22.6 Å². The number of rotatable bonds is 7. The standard InChI is InChI=1S/C17H17IN2O5S/c1-12-2-8-15(9-3-12)26(23,24)19-10-17(22)25-11-16(21)20-14-6-4-13(18)5-7-14/h2-9,19H,10-11H2,1H3,(H,20,21). The molecule has 0 fully saturated rings. The van der Waals surface area contributed by atoms with Crippen LogP contribution in [0.25, 0.3) is 0 Å². The van der Waals surface area contributed by atoms with Crippen LogP contribution in [0.1, 0.15) is 5.56 Å². The maximum Gasteiger partial charge on any atom is 0.321 e. The molecule has 0 radical (unpaired) electrons. The summed E-state index contributed by atoms with van der Waals surface area (Å²) >= 11 is 2.14. The minimum Gasteiger partial charge on any atom is -0.455 e. The van der Waals surface area contributed by atoms with E-state index in [9.17, 15) is 18.0 Å². The Morgan fingerprint density at radius 3 is 2.27 bits per heavy atom. The zero-order valence-electron chi connectivity index (χ0n) is 13.9. The lowest BCUT2D eigenvalue weighted by Crippen LogP contribution is -2.32. The van der Waals surface area contributed by atoms with Crippen LogP contribution in [0, 0.1) is 10.5 Å². The van der Waals surface area contributed by atoms with Gasteiger partial charge in [0.2, 0.25) is 10.0 Å². The number of carbonyl (C=O) groups excluding carboxylic acids is 2. The van der Waals surface area contributed by atoms with Crippen LogP contribution < -0.4 is 10.0 Å². The monoisotopic (exact) mass is 488 g/mol. The number of hydrogen-bond donors (Lipinski definition) is 2. The second-order valence-corrected chi connectivity index (χ2v) is 8.37. The second kappa shape index (κ2) is 9.10. The first kappa shape index (κ1) is 20.3. The summed E-state index contributed by atoms with van der Waals surface area (Å²) in [4.78, 5) is 23.4. The highest BCUT2D eigenvalue weighted by Crippen LogP contribution is 2.11. The van der Waals surface area contributed by atoms with Gasteiger partial charge in [0.15, 0.2) is 6.61 Å². The Balaban J connectivity index is 1.78. The van der Waals surface area contributed by atoms with E-state index in [0.717, 1.165) is 9.13 Å². The Kier molecular flexibility index (Phi) is 7.12. The Morgan fingerprint density at radius 2 is 1.65 bits per heavy atom. The summed E-state index contributed by atoms with van der Waals surface area (Å²) in [5, 5.41) is 2.57. The lowest BCUT2D eigenvalue weighted by atomic mass is 10.2. The predicted molar refractivity (Wildman–Crippen MR) is 105 cm³/mol. The van der Waals surface area contributed by atoms with Gasteiger partial charge in [-0.3, -0.25) is 9.59 Å². The van der Waals surface area contributed by atoms with Crippen molar-refractivity contribution in [2.75, 3.05) is 18.5 Å². The van der Waals surface area contributed by atoms with Gasteiger partial charge in [-0.05, 0) is 65.9 Å². The zero-order valence-corrected chi connectivity index (χ0v) is 16.8. The van der Waals surface area contributed by atoms with E-state index in [1.54, 1.807) is 24.3 Å². The van der Waals surface area contributed by atoms with Gasteiger partial charge in [0.1, 0.15) is 6.54 Å². The van der Waals surface area contributed by atoms with Crippen molar-refractivity contribution in [2.24, 2.45) is 0 Å². The number of hydrogen-bond acceptors (Lipinski definition) is 5. The van der Waals surface area contributed by atoms with Crippen LogP contribution in [0.5, 0.6) is 0 Å². The smallest absolute Gasteiger partial charge is 0.321 e. The topological polar surface area (TPSA) is 102 Å².